The Balaban J connectivity index is 2.32. The third-order valence-electron chi connectivity index (χ3n) is 2.29. The zero-order valence-electron chi connectivity index (χ0n) is 7.39. The molecule has 0 amide bonds. The van der Waals surface area contributed by atoms with E-state index in [1.54, 1.807) is 0 Å². The first-order valence-corrected chi connectivity index (χ1v) is 4.60. The van der Waals surface area contributed by atoms with Gasteiger partial charge in [0.15, 0.2) is 0 Å². The smallest absolute Gasteiger partial charge is 0.174 e. The van der Waals surface area contributed by atoms with Gasteiger partial charge in [0.2, 0.25) is 0 Å². The average Bonchev–Trinajstić information content (AvgIpc) is 2.79. The first kappa shape index (κ1) is 9.69. The van der Waals surface area contributed by atoms with Crippen LogP contribution in [0.5, 0.6) is 0 Å². The summed E-state index contributed by atoms with van der Waals surface area (Å²) in [4.78, 5) is 0. The first-order chi connectivity index (χ1) is 5.74. The second kappa shape index (κ2) is 4.58. The van der Waals surface area contributed by atoms with E-state index in [0.29, 0.717) is 5.92 Å². The molecule has 0 aromatic carbocycles. The molecule has 0 N–H and O–H groups in total. The fourth-order valence-corrected chi connectivity index (χ4v) is 1.45. The van der Waals surface area contributed by atoms with E-state index in [-0.39, 0.29) is 5.92 Å². The highest BCUT2D eigenvalue weighted by Gasteiger charge is 2.30. The largest absolute Gasteiger partial charge is 0.266 e. The maximum absolute atomic E-state index is 11.9. The van der Waals surface area contributed by atoms with E-state index in [9.17, 15) is 8.78 Å². The van der Waals surface area contributed by atoms with Gasteiger partial charge in [-0.15, -0.1) is 0 Å². The molecular weight excluding hydrogens is 158 g/mol. The van der Waals surface area contributed by atoms with E-state index in [1.807, 2.05) is 0 Å². The molecule has 69 valence electrons. The van der Waals surface area contributed by atoms with Crippen LogP contribution in [0.15, 0.2) is 12.2 Å². The molecule has 1 radical (unpaired) electrons. The van der Waals surface area contributed by atoms with Gasteiger partial charge in [-0.05, 0) is 37.2 Å². The normalized spacial score (nSPS) is 18.9. The van der Waals surface area contributed by atoms with Gasteiger partial charge in [0.05, 0.1) is 0 Å². The van der Waals surface area contributed by atoms with Gasteiger partial charge in [-0.2, -0.15) is 8.78 Å². The summed E-state index contributed by atoms with van der Waals surface area (Å²) in [7, 11) is 0. The average molecular weight is 173 g/mol. The van der Waals surface area contributed by atoms with E-state index in [1.165, 1.54) is 0 Å². The quantitative estimate of drug-likeness (QED) is 0.593. The molecule has 0 heterocycles. The number of hydrogen-bond acceptors (Lipinski definition) is 0. The molecule has 0 nitrogen and oxygen atoms in total. The van der Waals surface area contributed by atoms with Crippen LogP contribution in [0.1, 0.15) is 32.6 Å². The Morgan fingerprint density at radius 1 is 1.67 bits per heavy atom. The second-order valence-corrected chi connectivity index (χ2v) is 3.40. The van der Waals surface area contributed by atoms with Crippen LogP contribution < -0.4 is 0 Å². The van der Waals surface area contributed by atoms with Crippen molar-refractivity contribution in [2.75, 3.05) is 0 Å². The highest BCUT2D eigenvalue weighted by molar-refractivity contribution is 5.05. The van der Waals surface area contributed by atoms with E-state index >= 15 is 0 Å². The molecule has 12 heavy (non-hydrogen) atoms. The molecule has 2 heteroatoms. The summed E-state index contributed by atoms with van der Waals surface area (Å²) in [6.07, 6.45) is 5.80. The third-order valence-corrected chi connectivity index (χ3v) is 2.29. The molecule has 0 spiro atoms. The standard InChI is InChI=1S/C10H15F2/c1-2-3-4-9(7-10(11)12)8-5-6-8/h5,7-9H,2-4,6H2,1H3. The van der Waals surface area contributed by atoms with Crippen LogP contribution in [0, 0.1) is 18.3 Å². The Hall–Kier alpha value is -0.400. The van der Waals surface area contributed by atoms with Crippen LogP contribution in [0.25, 0.3) is 0 Å². The molecule has 1 saturated carbocycles. The van der Waals surface area contributed by atoms with Crippen molar-refractivity contribution in [3.8, 4) is 0 Å². The molecule has 1 rings (SSSR count). The van der Waals surface area contributed by atoms with Crippen molar-refractivity contribution in [1.82, 2.24) is 0 Å². The Morgan fingerprint density at radius 2 is 2.33 bits per heavy atom. The molecular formula is C10H15F2. The minimum Gasteiger partial charge on any atom is -0.174 e. The minimum absolute atomic E-state index is 0.106. The van der Waals surface area contributed by atoms with E-state index < -0.39 is 6.08 Å². The van der Waals surface area contributed by atoms with Gasteiger partial charge in [0.25, 0.3) is 6.08 Å². The van der Waals surface area contributed by atoms with Crippen molar-refractivity contribution in [2.24, 2.45) is 11.8 Å². The predicted octanol–water partition coefficient (Wildman–Crippen LogP) is 3.80. The summed E-state index contributed by atoms with van der Waals surface area (Å²) in [5.74, 6) is 0.549. The van der Waals surface area contributed by atoms with Crippen molar-refractivity contribution in [3.63, 3.8) is 0 Å². The zero-order chi connectivity index (χ0) is 8.97. The number of allylic oxidation sites excluding steroid dienone is 1. The number of halogens is 2. The van der Waals surface area contributed by atoms with Gasteiger partial charge in [-0.25, -0.2) is 0 Å². The summed E-state index contributed by atoms with van der Waals surface area (Å²) in [6.45, 7) is 2.09. The lowest BCUT2D eigenvalue weighted by Crippen LogP contribution is -1.99. The molecule has 1 fully saturated rings. The summed E-state index contributed by atoms with van der Waals surface area (Å²) in [6, 6.07) is 0. The third kappa shape index (κ3) is 3.33. The molecule has 0 aliphatic heterocycles. The molecule has 0 saturated heterocycles. The zero-order valence-corrected chi connectivity index (χ0v) is 7.39. The van der Waals surface area contributed by atoms with Crippen molar-refractivity contribution >= 4 is 0 Å². The van der Waals surface area contributed by atoms with Crippen LogP contribution in [-0.2, 0) is 0 Å². The monoisotopic (exact) mass is 173 g/mol. The second-order valence-electron chi connectivity index (χ2n) is 3.40. The van der Waals surface area contributed by atoms with Gasteiger partial charge in [-0.3, -0.25) is 0 Å². The highest BCUT2D eigenvalue weighted by Crippen LogP contribution is 2.39. The SMILES string of the molecule is CCCCC(C=C(F)F)C1[CH]C1. The number of rotatable bonds is 5. The van der Waals surface area contributed by atoms with Crippen LogP contribution >= 0.6 is 0 Å². The first-order valence-electron chi connectivity index (χ1n) is 4.60. The van der Waals surface area contributed by atoms with E-state index in [0.717, 1.165) is 31.8 Å². The lowest BCUT2D eigenvalue weighted by atomic mass is 9.97. The molecule has 1 aliphatic rings. The van der Waals surface area contributed by atoms with Crippen LogP contribution in [0.2, 0.25) is 0 Å². The summed E-state index contributed by atoms with van der Waals surface area (Å²) in [5.41, 5.74) is 0. The fraction of sp³-hybridized carbons (Fsp3) is 0.700. The lowest BCUT2D eigenvalue weighted by molar-refractivity contribution is 0.396. The summed E-state index contributed by atoms with van der Waals surface area (Å²) >= 11 is 0. The van der Waals surface area contributed by atoms with Gasteiger partial charge >= 0.3 is 0 Å². The van der Waals surface area contributed by atoms with Crippen molar-refractivity contribution in [2.45, 2.75) is 32.6 Å². The highest BCUT2D eigenvalue weighted by atomic mass is 19.3. The maximum atomic E-state index is 11.9. The van der Waals surface area contributed by atoms with Gasteiger partial charge in [0, 0.05) is 0 Å². The molecule has 1 aliphatic carbocycles. The number of hydrogen-bond donors (Lipinski definition) is 0. The Kier molecular flexibility index (Phi) is 3.70. The number of unbranched alkanes of at least 4 members (excludes halogenated alkanes) is 1. The topological polar surface area (TPSA) is 0 Å². The Labute approximate surface area is 72.7 Å². The van der Waals surface area contributed by atoms with E-state index in [2.05, 4.69) is 13.3 Å². The van der Waals surface area contributed by atoms with Crippen molar-refractivity contribution in [3.05, 3.63) is 18.6 Å². The lowest BCUT2D eigenvalue weighted by Gasteiger charge is -2.08. The van der Waals surface area contributed by atoms with Crippen molar-refractivity contribution in [1.29, 1.82) is 0 Å². The summed E-state index contributed by atoms with van der Waals surface area (Å²) in [5, 5.41) is 0. The van der Waals surface area contributed by atoms with Crippen LogP contribution in [0.3, 0.4) is 0 Å². The molecule has 2 unspecified atom stereocenters. The van der Waals surface area contributed by atoms with Gasteiger partial charge < -0.3 is 0 Å². The molecule has 0 aromatic rings. The summed E-state index contributed by atoms with van der Waals surface area (Å²) < 4.78 is 23.9. The maximum Gasteiger partial charge on any atom is 0.266 e. The van der Waals surface area contributed by atoms with Gasteiger partial charge in [-0.1, -0.05) is 19.8 Å². The Bertz CT molecular complexity index is 155. The predicted molar refractivity (Wildman–Crippen MR) is 45.7 cm³/mol. The fourth-order valence-electron chi connectivity index (χ4n) is 1.45. The minimum atomic E-state index is -1.52. The molecule has 0 aromatic heterocycles. The Morgan fingerprint density at radius 3 is 2.75 bits per heavy atom. The van der Waals surface area contributed by atoms with Crippen LogP contribution in [-0.4, -0.2) is 0 Å². The molecule has 2 atom stereocenters. The van der Waals surface area contributed by atoms with Crippen molar-refractivity contribution < 1.29 is 8.78 Å². The molecule has 0 bridgehead atoms. The van der Waals surface area contributed by atoms with Gasteiger partial charge in [0.1, 0.15) is 0 Å². The van der Waals surface area contributed by atoms with Crippen LogP contribution in [0.4, 0.5) is 8.78 Å². The van der Waals surface area contributed by atoms with E-state index in [4.69, 9.17) is 0 Å².